The van der Waals surface area contributed by atoms with Gasteiger partial charge in [0.2, 0.25) is 5.95 Å². The third-order valence-electron chi connectivity index (χ3n) is 1.51. The molecule has 0 saturated carbocycles. The van der Waals surface area contributed by atoms with E-state index in [4.69, 9.17) is 5.11 Å². The lowest BCUT2D eigenvalue weighted by molar-refractivity contribution is -0.135. The fourth-order valence-corrected chi connectivity index (χ4v) is 0.863. The molecule has 0 fully saturated rings. The van der Waals surface area contributed by atoms with Crippen molar-refractivity contribution in [1.29, 1.82) is 0 Å². The van der Waals surface area contributed by atoms with Gasteiger partial charge in [0.15, 0.2) is 6.29 Å². The summed E-state index contributed by atoms with van der Waals surface area (Å²) in [5, 5.41) is 8.49. The smallest absolute Gasteiger partial charge is 0.323 e. The maximum absolute atomic E-state index is 10.4. The van der Waals surface area contributed by atoms with Gasteiger partial charge in [0.1, 0.15) is 6.54 Å². The number of rotatable bonds is 4. The summed E-state index contributed by atoms with van der Waals surface area (Å²) in [5.74, 6) is -0.687. The zero-order valence-corrected chi connectivity index (χ0v) is 7.54. The molecule has 0 bridgehead atoms. The first kappa shape index (κ1) is 10.1. The molecule has 0 aromatic carbocycles. The number of carboxylic acid groups (broad SMARTS) is 1. The average Bonchev–Trinajstić information content (AvgIpc) is 2.17. The summed E-state index contributed by atoms with van der Waals surface area (Å²) in [4.78, 5) is 29.6. The van der Waals surface area contributed by atoms with Gasteiger partial charge in [-0.05, 0) is 0 Å². The second-order valence-corrected chi connectivity index (χ2v) is 2.68. The molecular weight excluding hydrogens is 186 g/mol. The van der Waals surface area contributed by atoms with E-state index in [1.165, 1.54) is 17.3 Å². The van der Waals surface area contributed by atoms with E-state index in [0.29, 0.717) is 11.8 Å². The largest absolute Gasteiger partial charge is 0.480 e. The quantitative estimate of drug-likeness (QED) is 0.670. The topological polar surface area (TPSA) is 83.4 Å². The molecule has 0 spiro atoms. The van der Waals surface area contributed by atoms with Crippen LogP contribution in [0, 0.1) is 0 Å². The van der Waals surface area contributed by atoms with E-state index < -0.39 is 5.97 Å². The number of carbonyl (C=O) groups is 2. The predicted octanol–water partition coefficient (Wildman–Crippen LogP) is -0.190. The number of aldehydes is 1. The Morgan fingerprint density at radius 3 is 2.57 bits per heavy atom. The minimum atomic E-state index is -0.962. The first-order valence-corrected chi connectivity index (χ1v) is 3.83. The third-order valence-corrected chi connectivity index (χ3v) is 1.51. The molecule has 0 atom stereocenters. The van der Waals surface area contributed by atoms with Crippen LogP contribution in [0.4, 0.5) is 5.95 Å². The molecular formula is C8H9N3O3. The van der Waals surface area contributed by atoms with Gasteiger partial charge in [-0.1, -0.05) is 0 Å². The number of nitrogens with zero attached hydrogens (tertiary/aromatic N) is 3. The van der Waals surface area contributed by atoms with Crippen molar-refractivity contribution in [2.75, 3.05) is 18.5 Å². The van der Waals surface area contributed by atoms with Gasteiger partial charge < -0.3 is 10.0 Å². The van der Waals surface area contributed by atoms with Crippen molar-refractivity contribution in [3.63, 3.8) is 0 Å². The molecule has 0 unspecified atom stereocenters. The Morgan fingerprint density at radius 1 is 1.57 bits per heavy atom. The minimum absolute atomic E-state index is 0.180. The summed E-state index contributed by atoms with van der Waals surface area (Å²) in [7, 11) is 1.56. The van der Waals surface area contributed by atoms with Crippen LogP contribution in [0.15, 0.2) is 12.4 Å². The number of likely N-dealkylation sites (N-methyl/N-ethyl adjacent to an activating group) is 1. The number of carbonyl (C=O) groups excluding carboxylic acids is 1. The van der Waals surface area contributed by atoms with Gasteiger partial charge in [-0.3, -0.25) is 9.59 Å². The van der Waals surface area contributed by atoms with Crippen molar-refractivity contribution >= 4 is 18.2 Å². The zero-order chi connectivity index (χ0) is 10.6. The lowest BCUT2D eigenvalue weighted by atomic mass is 10.4. The molecule has 0 aliphatic rings. The zero-order valence-electron chi connectivity index (χ0n) is 7.54. The summed E-state index contributed by atoms with van der Waals surface area (Å²) in [5.41, 5.74) is 0.359. The lowest BCUT2D eigenvalue weighted by Crippen LogP contribution is -2.26. The van der Waals surface area contributed by atoms with E-state index >= 15 is 0 Å². The monoisotopic (exact) mass is 195 g/mol. The molecule has 0 saturated heterocycles. The van der Waals surface area contributed by atoms with Crippen LogP contribution in [0.1, 0.15) is 10.4 Å². The molecule has 74 valence electrons. The van der Waals surface area contributed by atoms with E-state index in [9.17, 15) is 9.59 Å². The normalized spacial score (nSPS) is 9.50. The van der Waals surface area contributed by atoms with Crippen molar-refractivity contribution in [2.45, 2.75) is 0 Å². The maximum Gasteiger partial charge on any atom is 0.323 e. The standard InChI is InChI=1S/C8H9N3O3/c1-11(4-7(13)14)8-9-2-6(5-12)3-10-8/h2-3,5H,4H2,1H3,(H,13,14). The van der Waals surface area contributed by atoms with Crippen molar-refractivity contribution in [2.24, 2.45) is 0 Å². The number of hydrogen-bond acceptors (Lipinski definition) is 5. The molecule has 0 amide bonds. The van der Waals surface area contributed by atoms with Gasteiger partial charge in [0, 0.05) is 19.4 Å². The highest BCUT2D eigenvalue weighted by molar-refractivity contribution is 5.74. The summed E-state index contributed by atoms with van der Waals surface area (Å²) < 4.78 is 0. The average molecular weight is 195 g/mol. The van der Waals surface area contributed by atoms with Crippen LogP contribution in [0.2, 0.25) is 0 Å². The van der Waals surface area contributed by atoms with Crippen molar-refractivity contribution in [3.8, 4) is 0 Å². The fourth-order valence-electron chi connectivity index (χ4n) is 0.863. The molecule has 0 aliphatic heterocycles. The van der Waals surface area contributed by atoms with Gasteiger partial charge in [0.05, 0.1) is 5.56 Å². The Bertz CT molecular complexity index is 336. The minimum Gasteiger partial charge on any atom is -0.480 e. The van der Waals surface area contributed by atoms with Crippen LogP contribution in [-0.4, -0.2) is 40.9 Å². The van der Waals surface area contributed by atoms with E-state index in [1.807, 2.05) is 0 Å². The number of aromatic nitrogens is 2. The molecule has 6 heteroatoms. The molecule has 0 aliphatic carbocycles. The Morgan fingerprint density at radius 2 is 2.14 bits per heavy atom. The molecule has 14 heavy (non-hydrogen) atoms. The Kier molecular flexibility index (Phi) is 3.11. The van der Waals surface area contributed by atoms with Crippen LogP contribution < -0.4 is 4.90 Å². The maximum atomic E-state index is 10.4. The van der Waals surface area contributed by atoms with Gasteiger partial charge in [-0.15, -0.1) is 0 Å². The van der Waals surface area contributed by atoms with E-state index in [-0.39, 0.29) is 12.5 Å². The van der Waals surface area contributed by atoms with Crippen molar-refractivity contribution < 1.29 is 14.7 Å². The highest BCUT2D eigenvalue weighted by Crippen LogP contribution is 2.02. The number of carboxylic acids is 1. The lowest BCUT2D eigenvalue weighted by Gasteiger charge is -2.13. The van der Waals surface area contributed by atoms with Gasteiger partial charge in [0.25, 0.3) is 0 Å². The predicted molar refractivity (Wildman–Crippen MR) is 48.3 cm³/mol. The molecule has 1 aromatic rings. The SMILES string of the molecule is CN(CC(=O)O)c1ncc(C=O)cn1. The van der Waals surface area contributed by atoms with Crippen LogP contribution in [-0.2, 0) is 4.79 Å². The van der Waals surface area contributed by atoms with Crippen LogP contribution in [0.3, 0.4) is 0 Å². The first-order valence-electron chi connectivity index (χ1n) is 3.83. The summed E-state index contributed by atoms with van der Waals surface area (Å²) in [6, 6.07) is 0. The van der Waals surface area contributed by atoms with Gasteiger partial charge in [-0.25, -0.2) is 9.97 Å². The highest BCUT2D eigenvalue weighted by Gasteiger charge is 2.07. The molecule has 0 radical (unpaired) electrons. The summed E-state index contributed by atoms with van der Waals surface area (Å²) >= 11 is 0. The number of hydrogen-bond donors (Lipinski definition) is 1. The Balaban J connectivity index is 2.75. The molecule has 1 N–H and O–H groups in total. The van der Waals surface area contributed by atoms with Crippen molar-refractivity contribution in [1.82, 2.24) is 9.97 Å². The molecule has 1 heterocycles. The summed E-state index contributed by atoms with van der Waals surface area (Å²) in [6.07, 6.45) is 3.31. The Labute approximate surface area is 80.2 Å². The Hall–Kier alpha value is -1.98. The number of anilines is 1. The second kappa shape index (κ2) is 4.31. The van der Waals surface area contributed by atoms with Crippen molar-refractivity contribution in [3.05, 3.63) is 18.0 Å². The summed E-state index contributed by atoms with van der Waals surface area (Å²) in [6.45, 7) is -0.180. The van der Waals surface area contributed by atoms with Gasteiger partial charge in [-0.2, -0.15) is 0 Å². The molecule has 1 aromatic heterocycles. The van der Waals surface area contributed by atoms with E-state index in [2.05, 4.69) is 9.97 Å². The van der Waals surface area contributed by atoms with Crippen LogP contribution >= 0.6 is 0 Å². The van der Waals surface area contributed by atoms with Crippen LogP contribution in [0.25, 0.3) is 0 Å². The van der Waals surface area contributed by atoms with Crippen LogP contribution in [0.5, 0.6) is 0 Å². The van der Waals surface area contributed by atoms with Gasteiger partial charge >= 0.3 is 5.97 Å². The highest BCUT2D eigenvalue weighted by atomic mass is 16.4. The fraction of sp³-hybridized carbons (Fsp3) is 0.250. The second-order valence-electron chi connectivity index (χ2n) is 2.68. The third kappa shape index (κ3) is 2.51. The molecule has 6 nitrogen and oxygen atoms in total. The molecule has 1 rings (SSSR count). The number of aliphatic carboxylic acids is 1. The van der Waals surface area contributed by atoms with E-state index in [1.54, 1.807) is 7.05 Å². The first-order chi connectivity index (χ1) is 6.63. The van der Waals surface area contributed by atoms with E-state index in [0.717, 1.165) is 0 Å².